The fraction of sp³-hybridized carbons (Fsp3) is 0.647. The van der Waals surface area contributed by atoms with Gasteiger partial charge in [0.2, 0.25) is 0 Å². The number of rotatable bonds is 8. The van der Waals surface area contributed by atoms with E-state index in [1.54, 1.807) is 7.11 Å². The van der Waals surface area contributed by atoms with Crippen molar-refractivity contribution < 1.29 is 4.74 Å². The molecule has 0 aliphatic heterocycles. The number of halogens is 1. The van der Waals surface area contributed by atoms with Crippen molar-refractivity contribution in [1.82, 2.24) is 10.2 Å². The zero-order chi connectivity index (χ0) is 16.0. The lowest BCUT2D eigenvalue weighted by atomic mass is 9.87. The Morgan fingerprint density at radius 2 is 2.00 bits per heavy atom. The molecule has 3 nitrogen and oxygen atoms in total. The average Bonchev–Trinajstić information content (AvgIpc) is 2.43. The quantitative estimate of drug-likeness (QED) is 0.794. The van der Waals surface area contributed by atoms with Gasteiger partial charge in [-0.3, -0.25) is 0 Å². The van der Waals surface area contributed by atoms with Crippen LogP contribution in [0.15, 0.2) is 18.2 Å². The van der Waals surface area contributed by atoms with Crippen LogP contribution in [-0.4, -0.2) is 44.2 Å². The summed E-state index contributed by atoms with van der Waals surface area (Å²) in [7, 11) is 5.95. The van der Waals surface area contributed by atoms with Crippen molar-refractivity contribution in [2.24, 2.45) is 0 Å². The minimum Gasteiger partial charge on any atom is -0.496 e. The van der Waals surface area contributed by atoms with Crippen LogP contribution in [0, 0.1) is 0 Å². The smallest absolute Gasteiger partial charge is 0.122 e. The molecule has 0 aliphatic carbocycles. The molecule has 120 valence electrons. The highest BCUT2D eigenvalue weighted by molar-refractivity contribution is 6.30. The number of hydrogen-bond donors (Lipinski definition) is 1. The van der Waals surface area contributed by atoms with Gasteiger partial charge in [-0.1, -0.05) is 18.5 Å². The lowest BCUT2D eigenvalue weighted by molar-refractivity contribution is 0.136. The van der Waals surface area contributed by atoms with Gasteiger partial charge in [0, 0.05) is 16.6 Å². The van der Waals surface area contributed by atoms with Crippen LogP contribution in [0.5, 0.6) is 5.75 Å². The number of methoxy groups -OCH3 is 1. The molecule has 0 radical (unpaired) electrons. The Kier molecular flexibility index (Phi) is 6.98. The van der Waals surface area contributed by atoms with Gasteiger partial charge >= 0.3 is 0 Å². The third-order valence-electron chi connectivity index (χ3n) is 4.31. The molecule has 1 N–H and O–H groups in total. The number of likely N-dealkylation sites (N-methyl/N-ethyl adjacent to an activating group) is 1. The average molecular weight is 313 g/mol. The Morgan fingerprint density at radius 3 is 2.52 bits per heavy atom. The number of hydrogen-bond acceptors (Lipinski definition) is 3. The zero-order valence-electron chi connectivity index (χ0n) is 14.2. The van der Waals surface area contributed by atoms with Gasteiger partial charge in [-0.05, 0) is 71.1 Å². The second kappa shape index (κ2) is 8.02. The molecule has 0 spiro atoms. The van der Waals surface area contributed by atoms with Crippen molar-refractivity contribution in [2.75, 3.05) is 27.7 Å². The third-order valence-corrected chi connectivity index (χ3v) is 4.55. The summed E-state index contributed by atoms with van der Waals surface area (Å²) in [6.45, 7) is 7.71. The van der Waals surface area contributed by atoms with Gasteiger partial charge in [0.25, 0.3) is 0 Å². The SMILES string of the molecule is CCCNC(Cc1cc(Cl)ccc1OC)C(C)(C)N(C)C. The largest absolute Gasteiger partial charge is 0.496 e. The van der Waals surface area contributed by atoms with Crippen molar-refractivity contribution >= 4 is 11.6 Å². The Morgan fingerprint density at radius 1 is 1.33 bits per heavy atom. The standard InChI is InChI=1S/C17H29ClN2O/c1-7-10-19-16(17(2,3)20(4)5)12-13-11-14(18)8-9-15(13)21-6/h8-9,11,16,19H,7,10,12H2,1-6H3. The molecule has 0 aliphatic rings. The van der Waals surface area contributed by atoms with Crippen LogP contribution in [0.1, 0.15) is 32.8 Å². The molecule has 0 amide bonds. The summed E-state index contributed by atoms with van der Waals surface area (Å²) in [5, 5.41) is 4.42. The molecule has 1 rings (SSSR count). The summed E-state index contributed by atoms with van der Waals surface area (Å²) in [5.41, 5.74) is 1.18. The summed E-state index contributed by atoms with van der Waals surface area (Å²) < 4.78 is 5.48. The number of ether oxygens (including phenoxy) is 1. The number of benzene rings is 1. The molecule has 1 aromatic carbocycles. The van der Waals surface area contributed by atoms with E-state index >= 15 is 0 Å². The first-order valence-corrected chi connectivity index (χ1v) is 7.94. The highest BCUT2D eigenvalue weighted by Gasteiger charge is 2.31. The molecule has 0 aromatic heterocycles. The lowest BCUT2D eigenvalue weighted by Gasteiger charge is -2.41. The predicted molar refractivity (Wildman–Crippen MR) is 91.6 cm³/mol. The monoisotopic (exact) mass is 312 g/mol. The van der Waals surface area contributed by atoms with E-state index in [0.717, 1.165) is 35.7 Å². The highest BCUT2D eigenvalue weighted by atomic mass is 35.5. The van der Waals surface area contributed by atoms with E-state index in [-0.39, 0.29) is 5.54 Å². The second-order valence-corrected chi connectivity index (χ2v) is 6.65. The number of nitrogens with zero attached hydrogens (tertiary/aromatic N) is 1. The molecule has 1 unspecified atom stereocenters. The first kappa shape index (κ1) is 18.3. The molecule has 0 saturated carbocycles. The minimum atomic E-state index is 0.0303. The second-order valence-electron chi connectivity index (χ2n) is 6.22. The molecule has 0 bridgehead atoms. The van der Waals surface area contributed by atoms with Gasteiger partial charge in [0.05, 0.1) is 7.11 Å². The lowest BCUT2D eigenvalue weighted by Crippen LogP contribution is -2.56. The van der Waals surface area contributed by atoms with Crippen LogP contribution in [0.3, 0.4) is 0 Å². The van der Waals surface area contributed by atoms with Crippen LogP contribution in [0.25, 0.3) is 0 Å². The van der Waals surface area contributed by atoms with Crippen molar-refractivity contribution in [3.8, 4) is 5.75 Å². The Bertz CT molecular complexity index is 446. The Hall–Kier alpha value is -0.770. The predicted octanol–water partition coefficient (Wildman–Crippen LogP) is 3.60. The van der Waals surface area contributed by atoms with Crippen LogP contribution < -0.4 is 10.1 Å². The maximum atomic E-state index is 6.15. The minimum absolute atomic E-state index is 0.0303. The number of nitrogens with one attached hydrogen (secondary N) is 1. The van der Waals surface area contributed by atoms with Crippen LogP contribution in [-0.2, 0) is 6.42 Å². The van der Waals surface area contributed by atoms with Gasteiger partial charge in [-0.25, -0.2) is 0 Å². The third kappa shape index (κ3) is 4.87. The molecule has 0 heterocycles. The van der Waals surface area contributed by atoms with Crippen molar-refractivity contribution in [1.29, 1.82) is 0 Å². The topological polar surface area (TPSA) is 24.5 Å². The summed E-state index contributed by atoms with van der Waals surface area (Å²) in [6, 6.07) is 6.14. The molecule has 0 fully saturated rings. The van der Waals surface area contributed by atoms with Crippen molar-refractivity contribution in [3.63, 3.8) is 0 Å². The molecule has 0 saturated heterocycles. The normalized spacial score (nSPS) is 13.5. The summed E-state index contributed by atoms with van der Waals surface area (Å²) in [4.78, 5) is 2.26. The highest BCUT2D eigenvalue weighted by Crippen LogP contribution is 2.27. The van der Waals surface area contributed by atoms with E-state index in [0.29, 0.717) is 6.04 Å². The Labute approximate surface area is 134 Å². The van der Waals surface area contributed by atoms with Crippen LogP contribution in [0.4, 0.5) is 0 Å². The van der Waals surface area contributed by atoms with E-state index in [9.17, 15) is 0 Å². The molecule has 1 atom stereocenters. The van der Waals surface area contributed by atoms with Gasteiger partial charge in [0.1, 0.15) is 5.75 Å². The molecular weight excluding hydrogens is 284 g/mol. The first-order valence-electron chi connectivity index (χ1n) is 7.56. The van der Waals surface area contributed by atoms with E-state index in [4.69, 9.17) is 16.3 Å². The van der Waals surface area contributed by atoms with E-state index in [1.165, 1.54) is 0 Å². The molecule has 21 heavy (non-hydrogen) atoms. The fourth-order valence-electron chi connectivity index (χ4n) is 2.33. The molecular formula is C17H29ClN2O. The molecule has 4 heteroatoms. The Balaban J connectivity index is 3.03. The first-order chi connectivity index (χ1) is 9.82. The van der Waals surface area contributed by atoms with Crippen molar-refractivity contribution in [3.05, 3.63) is 28.8 Å². The summed E-state index contributed by atoms with van der Waals surface area (Å²) in [6.07, 6.45) is 2.00. The van der Waals surface area contributed by atoms with Gasteiger partial charge < -0.3 is 15.0 Å². The molecule has 1 aromatic rings. The van der Waals surface area contributed by atoms with Crippen LogP contribution >= 0.6 is 11.6 Å². The summed E-state index contributed by atoms with van der Waals surface area (Å²) >= 11 is 6.15. The maximum Gasteiger partial charge on any atom is 0.122 e. The van der Waals surface area contributed by atoms with E-state index < -0.39 is 0 Å². The van der Waals surface area contributed by atoms with Gasteiger partial charge in [0.15, 0.2) is 0 Å². The maximum absolute atomic E-state index is 6.15. The van der Waals surface area contributed by atoms with Crippen molar-refractivity contribution in [2.45, 2.75) is 45.2 Å². The summed E-state index contributed by atoms with van der Waals surface area (Å²) in [5.74, 6) is 0.900. The van der Waals surface area contributed by atoms with E-state index in [1.807, 2.05) is 18.2 Å². The van der Waals surface area contributed by atoms with Crippen LogP contribution in [0.2, 0.25) is 5.02 Å². The van der Waals surface area contributed by atoms with Gasteiger partial charge in [-0.2, -0.15) is 0 Å². The zero-order valence-corrected chi connectivity index (χ0v) is 14.9. The fourth-order valence-corrected chi connectivity index (χ4v) is 2.52. The van der Waals surface area contributed by atoms with Gasteiger partial charge in [-0.15, -0.1) is 0 Å². The van der Waals surface area contributed by atoms with E-state index in [2.05, 4.69) is 45.1 Å².